The van der Waals surface area contributed by atoms with Gasteiger partial charge in [-0.1, -0.05) is 36.4 Å². The fourth-order valence-corrected chi connectivity index (χ4v) is 4.87. The second kappa shape index (κ2) is 6.01. The zero-order valence-corrected chi connectivity index (χ0v) is 14.4. The third-order valence-corrected chi connectivity index (χ3v) is 6.22. The molecule has 0 radical (unpaired) electrons. The summed E-state index contributed by atoms with van der Waals surface area (Å²) in [7, 11) is -3.76. The van der Waals surface area contributed by atoms with Gasteiger partial charge in [-0.2, -0.15) is 0 Å². The fraction of sp³-hybridized carbons (Fsp3) is 0.150. The Kier molecular flexibility index (Phi) is 3.81. The summed E-state index contributed by atoms with van der Waals surface area (Å²) in [6.07, 6.45) is 3.56. The summed E-state index contributed by atoms with van der Waals surface area (Å²) in [5.74, 6) is 0.0511. The molecule has 1 aliphatic rings. The molecule has 0 aliphatic heterocycles. The molecular weight excluding hydrogens is 334 g/mol. The maximum atomic E-state index is 13.3. The number of para-hydroxylation sites is 1. The van der Waals surface area contributed by atoms with Crippen molar-refractivity contribution in [2.45, 2.75) is 24.2 Å². The Bertz CT molecular complexity index is 1090. The van der Waals surface area contributed by atoms with Crippen LogP contribution in [-0.4, -0.2) is 18.2 Å². The van der Waals surface area contributed by atoms with Crippen LogP contribution in [0.5, 0.6) is 0 Å². The quantitative estimate of drug-likeness (QED) is 0.716. The van der Waals surface area contributed by atoms with E-state index in [2.05, 4.69) is 0 Å². The van der Waals surface area contributed by atoms with E-state index in [4.69, 9.17) is 0 Å². The van der Waals surface area contributed by atoms with E-state index < -0.39 is 10.0 Å². The highest BCUT2D eigenvalue weighted by atomic mass is 32.2. The maximum absolute atomic E-state index is 13.3. The average Bonchev–Trinajstić information content (AvgIpc) is 3.03. The summed E-state index contributed by atoms with van der Waals surface area (Å²) in [6, 6.07) is 17.6. The van der Waals surface area contributed by atoms with Crippen LogP contribution in [0.4, 0.5) is 0 Å². The Morgan fingerprint density at radius 2 is 1.60 bits per heavy atom. The van der Waals surface area contributed by atoms with Gasteiger partial charge in [0.1, 0.15) is 0 Å². The highest BCUT2D eigenvalue weighted by molar-refractivity contribution is 7.90. The highest BCUT2D eigenvalue weighted by Crippen LogP contribution is 2.33. The third kappa shape index (κ3) is 2.70. The molecule has 0 atom stereocenters. The van der Waals surface area contributed by atoms with E-state index in [0.29, 0.717) is 24.1 Å². The van der Waals surface area contributed by atoms with Crippen LogP contribution in [0.15, 0.2) is 71.6 Å². The van der Waals surface area contributed by atoms with E-state index in [1.54, 1.807) is 42.5 Å². The minimum absolute atomic E-state index is 0.0511. The average molecular weight is 351 g/mol. The van der Waals surface area contributed by atoms with Gasteiger partial charge in [0.15, 0.2) is 5.78 Å². The van der Waals surface area contributed by atoms with Gasteiger partial charge in [0.25, 0.3) is 10.0 Å². The highest BCUT2D eigenvalue weighted by Gasteiger charge is 2.25. The molecule has 0 spiro atoms. The molecule has 0 N–H and O–H groups in total. The molecule has 5 heteroatoms. The van der Waals surface area contributed by atoms with Crippen LogP contribution in [0, 0.1) is 0 Å². The molecule has 0 unspecified atom stereocenters. The molecule has 2 aromatic carbocycles. The zero-order chi connectivity index (χ0) is 17.4. The van der Waals surface area contributed by atoms with Crippen molar-refractivity contribution in [3.63, 3.8) is 0 Å². The molecule has 4 rings (SSSR count). The smallest absolute Gasteiger partial charge is 0.268 e. The number of allylic oxidation sites excluding steroid dienone is 2. The topological polar surface area (TPSA) is 56.1 Å². The number of ketones is 1. The van der Waals surface area contributed by atoms with E-state index in [0.717, 1.165) is 17.4 Å². The number of fused-ring (bicyclic) bond motifs is 1. The molecule has 1 aliphatic carbocycles. The molecule has 0 amide bonds. The second-order valence-electron chi connectivity index (χ2n) is 6.16. The minimum Gasteiger partial charge on any atom is -0.295 e. The molecule has 0 saturated carbocycles. The molecule has 4 nitrogen and oxygen atoms in total. The predicted octanol–water partition coefficient (Wildman–Crippen LogP) is 4.01. The summed E-state index contributed by atoms with van der Waals surface area (Å²) >= 11 is 0. The number of hydrogen-bond acceptors (Lipinski definition) is 3. The molecular formula is C20H17NO3S. The molecule has 1 heterocycles. The monoisotopic (exact) mass is 351 g/mol. The van der Waals surface area contributed by atoms with Crippen LogP contribution in [0.2, 0.25) is 0 Å². The first-order chi connectivity index (χ1) is 12.1. The van der Waals surface area contributed by atoms with Crippen LogP contribution in [0.25, 0.3) is 16.5 Å². The molecule has 0 fully saturated rings. The van der Waals surface area contributed by atoms with Gasteiger partial charge in [0, 0.05) is 11.8 Å². The number of hydrogen-bond donors (Lipinski definition) is 0. The van der Waals surface area contributed by atoms with Crippen molar-refractivity contribution < 1.29 is 13.2 Å². The largest absolute Gasteiger partial charge is 0.295 e. The Morgan fingerprint density at radius 1 is 0.880 bits per heavy atom. The first kappa shape index (κ1) is 15.8. The van der Waals surface area contributed by atoms with E-state index >= 15 is 0 Å². The second-order valence-corrected chi connectivity index (χ2v) is 7.95. The molecule has 25 heavy (non-hydrogen) atoms. The van der Waals surface area contributed by atoms with Gasteiger partial charge >= 0.3 is 0 Å². The first-order valence-corrected chi connectivity index (χ1v) is 9.66. The standard InChI is InChI=1S/C20H17NO3S/c22-17-9-6-8-15(13-17)20-14-16-7-4-5-12-19(16)21(20)25(23,24)18-10-2-1-3-11-18/h1-5,7,10-14H,6,8-9H2. The lowest BCUT2D eigenvalue weighted by atomic mass is 9.96. The molecule has 1 aromatic heterocycles. The lowest BCUT2D eigenvalue weighted by Gasteiger charge is -2.16. The van der Waals surface area contributed by atoms with Crippen molar-refractivity contribution in [2.75, 3.05) is 0 Å². The van der Waals surface area contributed by atoms with Gasteiger partial charge < -0.3 is 0 Å². The van der Waals surface area contributed by atoms with E-state index in [1.165, 1.54) is 3.97 Å². The lowest BCUT2D eigenvalue weighted by molar-refractivity contribution is -0.114. The third-order valence-electron chi connectivity index (χ3n) is 4.48. The Labute approximate surface area is 146 Å². The van der Waals surface area contributed by atoms with Gasteiger partial charge in [-0.15, -0.1) is 0 Å². The van der Waals surface area contributed by atoms with Crippen molar-refractivity contribution >= 4 is 32.3 Å². The summed E-state index contributed by atoms with van der Waals surface area (Å²) in [6.45, 7) is 0. The SMILES string of the molecule is O=C1C=C(c2cc3ccccc3n2S(=O)(=O)c2ccccc2)CCC1. The molecule has 126 valence electrons. The van der Waals surface area contributed by atoms with Crippen LogP contribution in [-0.2, 0) is 14.8 Å². The fourth-order valence-electron chi connectivity index (χ4n) is 3.30. The Hall–Kier alpha value is -2.66. The van der Waals surface area contributed by atoms with Gasteiger partial charge in [-0.05, 0) is 48.8 Å². The minimum atomic E-state index is -3.76. The van der Waals surface area contributed by atoms with Crippen molar-refractivity contribution in [3.8, 4) is 0 Å². The summed E-state index contributed by atoms with van der Waals surface area (Å²) in [5, 5.41) is 0.843. The summed E-state index contributed by atoms with van der Waals surface area (Å²) < 4.78 is 28.0. The Balaban J connectivity index is 2.03. The number of carbonyl (C=O) groups excluding carboxylic acids is 1. The number of benzene rings is 2. The van der Waals surface area contributed by atoms with Crippen LogP contribution < -0.4 is 0 Å². The van der Waals surface area contributed by atoms with Crippen LogP contribution in [0.1, 0.15) is 25.0 Å². The van der Waals surface area contributed by atoms with Crippen molar-refractivity contribution in [1.82, 2.24) is 3.97 Å². The normalized spacial score (nSPS) is 15.4. The molecule has 3 aromatic rings. The van der Waals surface area contributed by atoms with Crippen molar-refractivity contribution in [2.24, 2.45) is 0 Å². The number of carbonyl (C=O) groups is 1. The number of aromatic nitrogens is 1. The van der Waals surface area contributed by atoms with E-state index in [9.17, 15) is 13.2 Å². The number of rotatable bonds is 3. The van der Waals surface area contributed by atoms with Crippen LogP contribution >= 0.6 is 0 Å². The summed E-state index contributed by atoms with van der Waals surface area (Å²) in [4.78, 5) is 12.1. The zero-order valence-electron chi connectivity index (χ0n) is 13.6. The Morgan fingerprint density at radius 3 is 2.36 bits per heavy atom. The predicted molar refractivity (Wildman–Crippen MR) is 97.8 cm³/mol. The summed E-state index contributed by atoms with van der Waals surface area (Å²) in [5.41, 5.74) is 1.99. The lowest BCUT2D eigenvalue weighted by Crippen LogP contribution is -2.16. The van der Waals surface area contributed by atoms with Crippen LogP contribution in [0.3, 0.4) is 0 Å². The van der Waals surface area contributed by atoms with Gasteiger partial charge in [-0.25, -0.2) is 12.4 Å². The number of nitrogens with zero attached hydrogens (tertiary/aromatic N) is 1. The molecule has 0 bridgehead atoms. The van der Waals surface area contributed by atoms with E-state index in [1.807, 2.05) is 24.3 Å². The van der Waals surface area contributed by atoms with E-state index in [-0.39, 0.29) is 10.7 Å². The maximum Gasteiger partial charge on any atom is 0.268 e. The first-order valence-electron chi connectivity index (χ1n) is 8.22. The van der Waals surface area contributed by atoms with Crippen molar-refractivity contribution in [3.05, 3.63) is 72.4 Å². The van der Waals surface area contributed by atoms with Gasteiger partial charge in [-0.3, -0.25) is 4.79 Å². The van der Waals surface area contributed by atoms with Gasteiger partial charge in [0.05, 0.1) is 16.1 Å². The van der Waals surface area contributed by atoms with Gasteiger partial charge in [0.2, 0.25) is 0 Å². The molecule has 0 saturated heterocycles. The van der Waals surface area contributed by atoms with Crippen molar-refractivity contribution in [1.29, 1.82) is 0 Å².